The molecule has 1 atom stereocenters. The minimum atomic E-state index is -0.439. The molecule has 0 aliphatic rings. The molecule has 1 unspecified atom stereocenters. The van der Waals surface area contributed by atoms with Crippen molar-refractivity contribution < 1.29 is 9.53 Å². The molecule has 19 heavy (non-hydrogen) atoms. The third-order valence-corrected chi connectivity index (χ3v) is 3.54. The highest BCUT2D eigenvalue weighted by molar-refractivity contribution is 7.09. The van der Waals surface area contributed by atoms with Crippen LogP contribution in [0.15, 0.2) is 29.9 Å². The fraction of sp³-hybridized carbons (Fsp3) is 0.308. The second-order valence-electron chi connectivity index (χ2n) is 3.90. The van der Waals surface area contributed by atoms with Crippen LogP contribution in [0, 0.1) is 0 Å². The molecule has 0 amide bonds. The Morgan fingerprint density at radius 2 is 2.32 bits per heavy atom. The Hall–Kier alpha value is -1.95. The van der Waals surface area contributed by atoms with Crippen molar-refractivity contribution in [2.75, 3.05) is 12.4 Å². The molecule has 0 radical (unpaired) electrons. The van der Waals surface area contributed by atoms with E-state index >= 15 is 0 Å². The first-order valence-electron chi connectivity index (χ1n) is 5.95. The largest absolute Gasteiger partial charge is 0.464 e. The summed E-state index contributed by atoms with van der Waals surface area (Å²) in [6.45, 7) is 2.08. The van der Waals surface area contributed by atoms with Crippen molar-refractivity contribution in [2.24, 2.45) is 0 Å². The van der Waals surface area contributed by atoms with E-state index in [9.17, 15) is 4.79 Å². The molecule has 0 aromatic carbocycles. The highest BCUT2D eigenvalue weighted by Gasteiger charge is 2.13. The predicted molar refractivity (Wildman–Crippen MR) is 74.3 cm³/mol. The van der Waals surface area contributed by atoms with Crippen LogP contribution >= 0.6 is 11.3 Å². The van der Waals surface area contributed by atoms with E-state index in [1.807, 2.05) is 11.4 Å². The third kappa shape index (κ3) is 3.29. The number of carbonyl (C=O) groups excluding carboxylic acids is 1. The van der Waals surface area contributed by atoms with E-state index in [0.717, 1.165) is 17.1 Å². The summed E-state index contributed by atoms with van der Waals surface area (Å²) in [5, 5.41) is 6.33. The number of thiazole rings is 1. The van der Waals surface area contributed by atoms with Crippen LogP contribution < -0.4 is 5.32 Å². The summed E-state index contributed by atoms with van der Waals surface area (Å²) in [6, 6.07) is 3.64. The van der Waals surface area contributed by atoms with Crippen LogP contribution in [0.5, 0.6) is 0 Å². The Morgan fingerprint density at radius 3 is 2.95 bits per heavy atom. The maximum Gasteiger partial charge on any atom is 0.356 e. The molecule has 2 aromatic rings. The molecule has 0 aliphatic heterocycles. The van der Waals surface area contributed by atoms with E-state index in [-0.39, 0.29) is 6.04 Å². The van der Waals surface area contributed by atoms with Crippen LogP contribution in [0.3, 0.4) is 0 Å². The number of hydrogen-bond donors (Lipinski definition) is 1. The Kier molecular flexibility index (Phi) is 4.46. The van der Waals surface area contributed by atoms with Crippen molar-refractivity contribution in [3.05, 3.63) is 40.6 Å². The zero-order valence-corrected chi connectivity index (χ0v) is 11.6. The molecule has 2 rings (SSSR count). The van der Waals surface area contributed by atoms with Gasteiger partial charge in [-0.25, -0.2) is 14.8 Å². The molecule has 0 saturated heterocycles. The van der Waals surface area contributed by atoms with E-state index in [4.69, 9.17) is 0 Å². The second-order valence-corrected chi connectivity index (χ2v) is 4.82. The van der Waals surface area contributed by atoms with Gasteiger partial charge in [0, 0.05) is 23.5 Å². The molecule has 100 valence electrons. The van der Waals surface area contributed by atoms with Crippen LogP contribution in [-0.2, 0) is 4.74 Å². The van der Waals surface area contributed by atoms with E-state index in [1.165, 1.54) is 7.11 Å². The lowest BCUT2D eigenvalue weighted by Crippen LogP contribution is -2.11. The molecular weight excluding hydrogens is 262 g/mol. The predicted octanol–water partition coefficient (Wildman–Crippen LogP) is 2.89. The zero-order valence-electron chi connectivity index (χ0n) is 10.8. The van der Waals surface area contributed by atoms with Crippen molar-refractivity contribution in [1.82, 2.24) is 9.97 Å². The normalized spacial score (nSPS) is 11.9. The van der Waals surface area contributed by atoms with E-state index in [2.05, 4.69) is 26.9 Å². The van der Waals surface area contributed by atoms with Gasteiger partial charge in [0.25, 0.3) is 0 Å². The number of hydrogen-bond acceptors (Lipinski definition) is 6. The van der Waals surface area contributed by atoms with Gasteiger partial charge in [-0.3, -0.25) is 0 Å². The van der Waals surface area contributed by atoms with Crippen molar-refractivity contribution >= 4 is 23.0 Å². The van der Waals surface area contributed by atoms with Gasteiger partial charge in [-0.15, -0.1) is 11.3 Å². The fourth-order valence-electron chi connectivity index (χ4n) is 1.68. The Labute approximate surface area is 115 Å². The maximum absolute atomic E-state index is 11.4. The summed E-state index contributed by atoms with van der Waals surface area (Å²) in [4.78, 5) is 19.7. The van der Waals surface area contributed by atoms with Crippen LogP contribution in [0.25, 0.3) is 0 Å². The lowest BCUT2D eigenvalue weighted by molar-refractivity contribution is 0.0594. The summed E-state index contributed by atoms with van der Waals surface area (Å²) in [6.07, 6.45) is 4.28. The van der Waals surface area contributed by atoms with Crippen LogP contribution in [0.2, 0.25) is 0 Å². The number of pyridine rings is 1. The van der Waals surface area contributed by atoms with E-state index in [0.29, 0.717) is 5.69 Å². The highest BCUT2D eigenvalue weighted by atomic mass is 32.1. The van der Waals surface area contributed by atoms with E-state index in [1.54, 1.807) is 29.8 Å². The standard InChI is InChI=1S/C13H15N3O2S/c1-3-10(12-15-6-7-19-12)16-9-4-5-14-11(8-9)13(17)18-2/h4-8,10H,3H2,1-2H3,(H,14,16). The molecule has 6 heteroatoms. The molecule has 0 saturated carbocycles. The molecule has 5 nitrogen and oxygen atoms in total. The Balaban J connectivity index is 2.16. The van der Waals surface area contributed by atoms with Gasteiger partial charge in [0.15, 0.2) is 0 Å². The Morgan fingerprint density at radius 1 is 1.47 bits per heavy atom. The third-order valence-electron chi connectivity index (χ3n) is 2.65. The Bertz CT molecular complexity index is 543. The van der Waals surface area contributed by atoms with Crippen molar-refractivity contribution in [2.45, 2.75) is 19.4 Å². The minimum Gasteiger partial charge on any atom is -0.464 e. The monoisotopic (exact) mass is 277 g/mol. The molecule has 0 aliphatic carbocycles. The highest BCUT2D eigenvalue weighted by Crippen LogP contribution is 2.24. The fourth-order valence-corrected chi connectivity index (χ4v) is 2.46. The SMILES string of the molecule is CCC(Nc1ccnc(C(=O)OC)c1)c1nccs1. The number of esters is 1. The molecule has 0 spiro atoms. The van der Waals surface area contributed by atoms with Crippen molar-refractivity contribution in [3.63, 3.8) is 0 Å². The number of methoxy groups -OCH3 is 1. The molecule has 2 heterocycles. The average molecular weight is 277 g/mol. The topological polar surface area (TPSA) is 64.1 Å². The number of nitrogens with one attached hydrogen (secondary N) is 1. The average Bonchev–Trinajstić information content (AvgIpc) is 2.98. The lowest BCUT2D eigenvalue weighted by Gasteiger charge is -2.16. The summed E-state index contributed by atoms with van der Waals surface area (Å²) < 4.78 is 4.66. The number of anilines is 1. The van der Waals surface area contributed by atoms with Gasteiger partial charge in [0.1, 0.15) is 10.7 Å². The zero-order chi connectivity index (χ0) is 13.7. The molecule has 0 bridgehead atoms. The quantitative estimate of drug-likeness (QED) is 0.851. The van der Waals surface area contributed by atoms with Crippen LogP contribution in [-0.4, -0.2) is 23.0 Å². The second kappa shape index (κ2) is 6.29. The molecular formula is C13H15N3O2S. The first-order valence-corrected chi connectivity index (χ1v) is 6.82. The number of aromatic nitrogens is 2. The van der Waals surface area contributed by atoms with Gasteiger partial charge in [-0.1, -0.05) is 6.92 Å². The van der Waals surface area contributed by atoms with Gasteiger partial charge in [0.05, 0.1) is 13.2 Å². The summed E-state index contributed by atoms with van der Waals surface area (Å²) in [5.41, 5.74) is 1.12. The lowest BCUT2D eigenvalue weighted by atomic mass is 10.2. The molecule has 0 fully saturated rings. The van der Waals surface area contributed by atoms with Crippen molar-refractivity contribution in [3.8, 4) is 0 Å². The van der Waals surface area contributed by atoms with E-state index < -0.39 is 5.97 Å². The van der Waals surface area contributed by atoms with Gasteiger partial charge < -0.3 is 10.1 Å². The van der Waals surface area contributed by atoms with Gasteiger partial charge >= 0.3 is 5.97 Å². The summed E-state index contributed by atoms with van der Waals surface area (Å²) in [5.74, 6) is -0.439. The minimum absolute atomic E-state index is 0.132. The van der Waals surface area contributed by atoms with Crippen LogP contribution in [0.1, 0.15) is 34.9 Å². The number of rotatable bonds is 5. The number of nitrogens with zero attached hydrogens (tertiary/aromatic N) is 2. The number of carbonyl (C=O) groups is 1. The van der Waals surface area contributed by atoms with Crippen LogP contribution in [0.4, 0.5) is 5.69 Å². The smallest absolute Gasteiger partial charge is 0.356 e. The molecule has 1 N–H and O–H groups in total. The number of ether oxygens (including phenoxy) is 1. The summed E-state index contributed by atoms with van der Waals surface area (Å²) >= 11 is 1.61. The van der Waals surface area contributed by atoms with Gasteiger partial charge in [-0.2, -0.15) is 0 Å². The van der Waals surface area contributed by atoms with Gasteiger partial charge in [0.2, 0.25) is 0 Å². The van der Waals surface area contributed by atoms with Gasteiger partial charge in [-0.05, 0) is 18.6 Å². The maximum atomic E-state index is 11.4. The van der Waals surface area contributed by atoms with Crippen molar-refractivity contribution in [1.29, 1.82) is 0 Å². The molecule has 2 aromatic heterocycles. The summed E-state index contributed by atoms with van der Waals surface area (Å²) in [7, 11) is 1.34. The first kappa shape index (κ1) is 13.5. The first-order chi connectivity index (χ1) is 9.24.